The van der Waals surface area contributed by atoms with Crippen molar-refractivity contribution in [3.05, 3.63) is 344 Å². The normalized spacial score (nSPS) is 17.7. The number of nitrogens with zero attached hydrogens (tertiary/aromatic N) is 6. The van der Waals surface area contributed by atoms with Gasteiger partial charge in [-0.15, -0.1) is 15.0 Å². The van der Waals surface area contributed by atoms with Gasteiger partial charge in [-0.2, -0.15) is 0 Å². The van der Waals surface area contributed by atoms with Crippen LogP contribution in [-0.4, -0.2) is 51.0 Å². The number of rotatable bonds is 18. The number of amides is 3. The highest BCUT2D eigenvalue weighted by molar-refractivity contribution is 6.13. The summed E-state index contributed by atoms with van der Waals surface area (Å²) in [5.74, 6) is 2.31. The largest absolute Gasteiger partial charge is 0.478 e. The summed E-state index contributed by atoms with van der Waals surface area (Å²) in [6, 6.07) is 104. The third-order valence-electron chi connectivity index (χ3n) is 20.0. The first-order valence-corrected chi connectivity index (χ1v) is 34.7. The maximum absolute atomic E-state index is 14.6. The molecule has 3 saturated heterocycles. The lowest BCUT2D eigenvalue weighted by Crippen LogP contribution is -2.61. The van der Waals surface area contributed by atoms with E-state index in [1.54, 1.807) is 51.1 Å². The Morgan fingerprint density at radius 2 is 0.467 bits per heavy atom. The van der Waals surface area contributed by atoms with Crippen LogP contribution in [0, 0.1) is 0 Å². The van der Waals surface area contributed by atoms with Crippen molar-refractivity contribution in [1.82, 2.24) is 15.0 Å². The highest BCUT2D eigenvalue weighted by Crippen LogP contribution is 2.49. The van der Waals surface area contributed by atoms with Gasteiger partial charge in [0.1, 0.15) is 52.6 Å². The fourth-order valence-electron chi connectivity index (χ4n) is 14.9. The molecule has 3 amide bonds. The Bertz CT molecular complexity index is 5500. The minimum Gasteiger partial charge on any atom is -0.478 e. The van der Waals surface area contributed by atoms with Crippen molar-refractivity contribution in [3.63, 3.8) is 0 Å². The van der Waals surface area contributed by atoms with Crippen molar-refractivity contribution < 1.29 is 42.8 Å². The maximum Gasteiger partial charge on any atom is 0.331 e. The summed E-state index contributed by atoms with van der Waals surface area (Å²) in [7, 11) is 0. The van der Waals surface area contributed by atoms with Crippen molar-refractivity contribution in [1.29, 1.82) is 0 Å². The van der Waals surface area contributed by atoms with E-state index < -0.39 is 36.4 Å². The molecule has 0 N–H and O–H groups in total. The van der Waals surface area contributed by atoms with E-state index >= 15 is 0 Å². The zero-order chi connectivity index (χ0) is 70.1. The van der Waals surface area contributed by atoms with Gasteiger partial charge in [0.25, 0.3) is 17.7 Å². The number of β-lactam (4-membered cyclic amide) rings is 3. The topological polar surface area (TPSA) is 155 Å². The molecule has 1 aromatic heterocycles. The molecule has 3 aliphatic heterocycles. The molecule has 504 valence electrons. The smallest absolute Gasteiger partial charge is 0.331 e. The van der Waals surface area contributed by atoms with Gasteiger partial charge < -0.3 is 28.4 Å². The van der Waals surface area contributed by atoms with E-state index in [2.05, 4.69) is 0 Å². The van der Waals surface area contributed by atoms with E-state index in [4.69, 9.17) is 43.4 Å². The fraction of sp³-hybridized carbons (Fsp3) is 0.0667. The molecule has 0 spiro atoms. The highest BCUT2D eigenvalue weighted by Gasteiger charge is 2.54. The Morgan fingerprint density at radius 3 is 0.752 bits per heavy atom. The molecular weight excluding hydrogens is 1310 g/mol. The summed E-state index contributed by atoms with van der Waals surface area (Å²) < 4.78 is 39.6. The monoisotopic (exact) mass is 1370 g/mol. The second-order valence-electron chi connectivity index (χ2n) is 26.3. The molecule has 0 bridgehead atoms. The van der Waals surface area contributed by atoms with Gasteiger partial charge in [0.15, 0.2) is 0 Å². The maximum atomic E-state index is 14.6. The van der Waals surface area contributed by atoms with Crippen LogP contribution in [0.15, 0.2) is 328 Å². The Hall–Kier alpha value is -13.9. The van der Waals surface area contributed by atoms with Crippen LogP contribution in [0.4, 0.5) is 17.1 Å². The molecule has 4 heterocycles. The van der Waals surface area contributed by atoms with Gasteiger partial charge in [-0.3, -0.25) is 29.1 Å². The summed E-state index contributed by atoms with van der Waals surface area (Å²) in [6.45, 7) is 0. The lowest BCUT2D eigenvalue weighted by Gasteiger charge is -2.47. The first kappa shape index (κ1) is 62.1. The quantitative estimate of drug-likeness (QED) is 0.0751. The second kappa shape index (κ2) is 25.9. The van der Waals surface area contributed by atoms with Gasteiger partial charge >= 0.3 is 18.0 Å². The molecule has 16 aromatic rings. The van der Waals surface area contributed by atoms with Crippen molar-refractivity contribution in [3.8, 4) is 52.5 Å². The number of anilines is 3. The summed E-state index contributed by atoms with van der Waals surface area (Å²) in [4.78, 5) is 63.2. The molecule has 0 aliphatic carbocycles. The Labute approximate surface area is 601 Å². The van der Waals surface area contributed by atoms with Crippen LogP contribution < -0.4 is 43.1 Å². The first-order chi connectivity index (χ1) is 51.7. The van der Waals surface area contributed by atoms with E-state index in [1.807, 2.05) is 291 Å². The van der Waals surface area contributed by atoms with Gasteiger partial charge in [0, 0.05) is 16.2 Å². The molecule has 3 aliphatic rings. The van der Waals surface area contributed by atoms with E-state index in [0.717, 1.165) is 98.4 Å². The number of fused-ring (bicyclic) bond motifs is 6. The van der Waals surface area contributed by atoms with Crippen molar-refractivity contribution in [2.45, 2.75) is 36.4 Å². The average molecular weight is 1370 g/mol. The van der Waals surface area contributed by atoms with Crippen LogP contribution in [0.3, 0.4) is 0 Å². The van der Waals surface area contributed by atoms with E-state index in [9.17, 15) is 14.4 Å². The van der Waals surface area contributed by atoms with Gasteiger partial charge in [0.05, 0.1) is 17.1 Å². The van der Waals surface area contributed by atoms with Crippen LogP contribution in [0.1, 0.15) is 34.8 Å². The van der Waals surface area contributed by atoms with Crippen molar-refractivity contribution in [2.24, 2.45) is 0 Å². The predicted octanol–water partition coefficient (Wildman–Crippen LogP) is 19.8. The molecule has 15 nitrogen and oxygen atoms in total. The van der Waals surface area contributed by atoms with Gasteiger partial charge in [-0.25, -0.2) is 0 Å². The van der Waals surface area contributed by atoms with E-state index in [-0.39, 0.29) is 35.8 Å². The zero-order valence-electron chi connectivity index (χ0n) is 56.0. The standard InChI is InChI=1S/C90H60N6O9/c97-85-82(100-70-49-34-55-16-1-4-22-64(55)52-70)79(94(85)76-31-13-25-58-19-7-10-28-73(58)76)61-37-43-67(44-38-61)103-88-91-89(104-68-45-39-62(40-46-68)80-83(101-71-50-35-56-17-2-5-23-65(56)53-71)86(98)95(80)77-32-14-26-59-20-8-11-29-74(59)77)93-90(92-88)105-69-47-41-63(42-48-69)81-84(102-72-51-36-57-18-3-6-24-66(57)54-72)87(99)96(81)78-33-15-27-60-21-9-12-30-75(60)78/h1-54,79-84H. The first-order valence-electron chi connectivity index (χ1n) is 34.7. The number of hydrogen-bond acceptors (Lipinski definition) is 12. The third kappa shape index (κ3) is 11.4. The third-order valence-corrected chi connectivity index (χ3v) is 20.0. The molecule has 105 heavy (non-hydrogen) atoms. The fourth-order valence-corrected chi connectivity index (χ4v) is 14.9. The van der Waals surface area contributed by atoms with Crippen LogP contribution in [0.25, 0.3) is 64.6 Å². The lowest BCUT2D eigenvalue weighted by molar-refractivity contribution is -0.135. The summed E-state index contributed by atoms with van der Waals surface area (Å²) in [5, 5.41) is 12.0. The van der Waals surface area contributed by atoms with Crippen LogP contribution >= 0.6 is 0 Å². The summed E-state index contributed by atoms with van der Waals surface area (Å²) >= 11 is 0. The SMILES string of the molecule is O=C1C(Oc2ccc3ccccc3c2)C(c2ccc(Oc3nc(Oc4ccc(C5C(Oc6ccc7ccccc7c6)C(=O)N5c5cccc6ccccc56)cc4)nc(Oc4ccc(C5C(Oc6ccc7ccccc7c6)C(=O)N5c5cccc6ccccc56)cc4)n3)cc2)N1c1cccc2ccccc12. The highest BCUT2D eigenvalue weighted by atomic mass is 16.5. The molecule has 15 heteroatoms. The Morgan fingerprint density at radius 1 is 0.229 bits per heavy atom. The zero-order valence-corrected chi connectivity index (χ0v) is 56.0. The molecular formula is C90H60N6O9. The summed E-state index contributed by atoms with van der Waals surface area (Å²) in [6.07, 6.45) is -2.55. The molecule has 6 atom stereocenters. The molecule has 3 fully saturated rings. The predicted molar refractivity (Wildman–Crippen MR) is 407 cm³/mol. The number of carbonyl (C=O) groups excluding carboxylic acids is 3. The van der Waals surface area contributed by atoms with Crippen LogP contribution in [-0.2, 0) is 14.4 Å². The lowest BCUT2D eigenvalue weighted by atomic mass is 9.88. The van der Waals surface area contributed by atoms with Gasteiger partial charge in [-0.1, -0.05) is 237 Å². The van der Waals surface area contributed by atoms with E-state index in [1.165, 1.54) is 0 Å². The number of ether oxygens (including phenoxy) is 6. The average Bonchev–Trinajstić information content (AvgIpc) is 0.739. The minimum atomic E-state index is -0.850. The van der Waals surface area contributed by atoms with Gasteiger partial charge in [0.2, 0.25) is 18.3 Å². The van der Waals surface area contributed by atoms with Crippen molar-refractivity contribution in [2.75, 3.05) is 14.7 Å². The van der Waals surface area contributed by atoms with Crippen molar-refractivity contribution >= 4 is 99.4 Å². The number of benzene rings is 15. The van der Waals surface area contributed by atoms with Gasteiger partial charge in [-0.05, 0) is 156 Å². The number of carbonyl (C=O) groups is 3. The number of aromatic nitrogens is 3. The molecule has 15 aromatic carbocycles. The molecule has 0 saturated carbocycles. The van der Waals surface area contributed by atoms with E-state index in [0.29, 0.717) is 34.5 Å². The Balaban J connectivity index is 0.649. The Kier molecular flexibility index (Phi) is 15.3. The second-order valence-corrected chi connectivity index (χ2v) is 26.3. The van der Waals surface area contributed by atoms with Crippen LogP contribution in [0.5, 0.6) is 52.5 Å². The van der Waals surface area contributed by atoms with Crippen LogP contribution in [0.2, 0.25) is 0 Å². The molecule has 6 unspecified atom stereocenters. The number of hydrogen-bond donors (Lipinski definition) is 0. The molecule has 19 rings (SSSR count). The summed E-state index contributed by atoms with van der Waals surface area (Å²) in [5.41, 5.74) is 4.70. The minimum absolute atomic E-state index is 0.149. The molecule has 0 radical (unpaired) electrons.